The van der Waals surface area contributed by atoms with Crippen molar-refractivity contribution in [1.82, 2.24) is 14.5 Å². The zero-order valence-corrected chi connectivity index (χ0v) is 18.0. The van der Waals surface area contributed by atoms with Crippen LogP contribution in [0, 0.1) is 0 Å². The number of amides is 1. The largest absolute Gasteiger partial charge is 0.503 e. The predicted octanol–water partition coefficient (Wildman–Crippen LogP) is 4.60. The van der Waals surface area contributed by atoms with E-state index < -0.39 is 23.5 Å². The van der Waals surface area contributed by atoms with E-state index in [4.69, 9.17) is 11.6 Å². The van der Waals surface area contributed by atoms with Crippen LogP contribution in [0.25, 0.3) is 6.08 Å². The number of aryl methyl sites for hydroxylation is 1. The smallest absolute Gasteiger partial charge is 0.290 e. The molecular weight excluding hydrogens is 426 g/mol. The first-order valence-electron chi connectivity index (χ1n) is 10.3. The zero-order chi connectivity index (χ0) is 22.5. The molecule has 2 aromatic carbocycles. The summed E-state index contributed by atoms with van der Waals surface area (Å²) in [4.78, 5) is 31.6. The van der Waals surface area contributed by atoms with Crippen molar-refractivity contribution < 1.29 is 14.7 Å². The lowest BCUT2D eigenvalue weighted by atomic mass is 9.95. The Hall–Kier alpha value is -3.64. The van der Waals surface area contributed by atoms with Gasteiger partial charge in [-0.05, 0) is 35.8 Å². The average molecular weight is 448 g/mol. The van der Waals surface area contributed by atoms with Crippen LogP contribution in [0.5, 0.6) is 0 Å². The fourth-order valence-corrected chi connectivity index (χ4v) is 3.92. The molecule has 1 amide bonds. The Labute approximate surface area is 191 Å². The van der Waals surface area contributed by atoms with Crippen molar-refractivity contribution in [2.75, 3.05) is 6.54 Å². The number of allylic oxidation sites excluding steroid dienone is 1. The minimum absolute atomic E-state index is 0.0761. The van der Waals surface area contributed by atoms with E-state index in [-0.39, 0.29) is 5.57 Å². The number of carbonyl (C=O) groups excluding carboxylic acids is 2. The molecule has 2 heterocycles. The molecule has 1 atom stereocenters. The van der Waals surface area contributed by atoms with E-state index in [2.05, 4.69) is 4.98 Å². The van der Waals surface area contributed by atoms with E-state index in [0.717, 1.165) is 5.56 Å². The number of carbonyl (C=O) groups is 2. The summed E-state index contributed by atoms with van der Waals surface area (Å²) in [5, 5.41) is 11.2. The van der Waals surface area contributed by atoms with E-state index in [0.29, 0.717) is 30.1 Å². The summed E-state index contributed by atoms with van der Waals surface area (Å²) in [6.07, 6.45) is 8.96. The summed E-state index contributed by atoms with van der Waals surface area (Å²) < 4.78 is 1.92. The van der Waals surface area contributed by atoms with Crippen LogP contribution < -0.4 is 0 Å². The molecule has 0 aliphatic carbocycles. The number of nitrogens with zero attached hydrogens (tertiary/aromatic N) is 3. The lowest BCUT2D eigenvalue weighted by Crippen LogP contribution is -2.32. The number of imidazole rings is 1. The van der Waals surface area contributed by atoms with Crippen molar-refractivity contribution in [3.8, 4) is 0 Å². The molecular formula is C25H22ClN3O3. The van der Waals surface area contributed by atoms with Crippen LogP contribution in [0.2, 0.25) is 5.02 Å². The van der Waals surface area contributed by atoms with Gasteiger partial charge in [0.2, 0.25) is 0 Å². The molecule has 32 heavy (non-hydrogen) atoms. The number of aromatic nitrogens is 2. The van der Waals surface area contributed by atoms with Crippen LogP contribution in [0.4, 0.5) is 0 Å². The molecule has 0 radical (unpaired) electrons. The molecule has 6 nitrogen and oxygen atoms in total. The highest BCUT2D eigenvalue weighted by atomic mass is 35.5. The number of halogens is 1. The van der Waals surface area contributed by atoms with Gasteiger partial charge >= 0.3 is 0 Å². The second-order valence-corrected chi connectivity index (χ2v) is 7.91. The molecule has 0 fully saturated rings. The van der Waals surface area contributed by atoms with E-state index in [1.165, 1.54) is 6.08 Å². The van der Waals surface area contributed by atoms with Gasteiger partial charge in [-0.2, -0.15) is 0 Å². The second kappa shape index (κ2) is 9.66. The first-order chi connectivity index (χ1) is 15.5. The van der Waals surface area contributed by atoms with Gasteiger partial charge in [0.25, 0.3) is 5.91 Å². The van der Waals surface area contributed by atoms with Gasteiger partial charge in [0.05, 0.1) is 17.9 Å². The molecule has 0 saturated heterocycles. The van der Waals surface area contributed by atoms with Gasteiger partial charge in [-0.1, -0.05) is 60.1 Å². The van der Waals surface area contributed by atoms with Crippen molar-refractivity contribution in [3.05, 3.63) is 107 Å². The molecule has 7 heteroatoms. The van der Waals surface area contributed by atoms with Crippen molar-refractivity contribution >= 4 is 29.4 Å². The van der Waals surface area contributed by atoms with Crippen LogP contribution >= 0.6 is 11.6 Å². The van der Waals surface area contributed by atoms with Gasteiger partial charge in [0.15, 0.2) is 11.5 Å². The minimum atomic E-state index is -0.685. The van der Waals surface area contributed by atoms with Gasteiger partial charge in [-0.15, -0.1) is 0 Å². The molecule has 1 unspecified atom stereocenters. The highest BCUT2D eigenvalue weighted by molar-refractivity contribution is 6.30. The Morgan fingerprint density at radius 2 is 1.84 bits per heavy atom. The molecule has 162 valence electrons. The predicted molar refractivity (Wildman–Crippen MR) is 123 cm³/mol. The zero-order valence-electron chi connectivity index (χ0n) is 17.3. The standard InChI is InChI=1S/C25H22ClN3O3/c26-20-10-8-19(9-11-20)23-22(21(30)12-7-18-5-2-1-3-6-18)24(31)25(32)29(23)15-4-14-28-16-13-27-17-28/h1-3,5-13,16-17,23,31H,4,14-15H2/b12-7+. The van der Waals surface area contributed by atoms with Crippen LogP contribution in [-0.4, -0.2) is 37.8 Å². The number of aliphatic hydroxyl groups is 1. The van der Waals surface area contributed by atoms with E-state index >= 15 is 0 Å². The Morgan fingerprint density at radius 3 is 2.53 bits per heavy atom. The topological polar surface area (TPSA) is 75.4 Å². The third kappa shape index (κ3) is 4.65. The molecule has 0 spiro atoms. The molecule has 0 saturated carbocycles. The summed E-state index contributed by atoms with van der Waals surface area (Å²) in [5.41, 5.74) is 1.64. The molecule has 1 N–H and O–H groups in total. The number of benzene rings is 2. The molecule has 1 aliphatic rings. The van der Waals surface area contributed by atoms with Crippen LogP contribution in [0.15, 0.2) is 90.7 Å². The van der Waals surface area contributed by atoms with Gasteiger partial charge in [0.1, 0.15) is 0 Å². The second-order valence-electron chi connectivity index (χ2n) is 7.48. The lowest BCUT2D eigenvalue weighted by molar-refractivity contribution is -0.129. The number of hydrogen-bond acceptors (Lipinski definition) is 4. The van der Waals surface area contributed by atoms with Crippen molar-refractivity contribution in [2.45, 2.75) is 19.0 Å². The molecule has 3 aromatic rings. The monoisotopic (exact) mass is 447 g/mol. The van der Waals surface area contributed by atoms with Gasteiger partial charge < -0.3 is 14.6 Å². The van der Waals surface area contributed by atoms with Crippen LogP contribution in [0.3, 0.4) is 0 Å². The Morgan fingerprint density at radius 1 is 1.09 bits per heavy atom. The maximum absolute atomic E-state index is 13.1. The first-order valence-corrected chi connectivity index (χ1v) is 10.6. The lowest BCUT2D eigenvalue weighted by Gasteiger charge is -2.26. The normalized spacial score (nSPS) is 16.3. The summed E-state index contributed by atoms with van der Waals surface area (Å²) in [5.74, 6) is -1.46. The third-order valence-corrected chi connectivity index (χ3v) is 5.61. The summed E-state index contributed by atoms with van der Waals surface area (Å²) in [6, 6.07) is 15.7. The summed E-state index contributed by atoms with van der Waals surface area (Å²) in [6.45, 7) is 1.03. The third-order valence-electron chi connectivity index (χ3n) is 5.36. The highest BCUT2D eigenvalue weighted by Gasteiger charge is 2.42. The Balaban J connectivity index is 1.61. The van der Waals surface area contributed by atoms with Gasteiger partial charge in [-0.3, -0.25) is 9.59 Å². The quantitative estimate of drug-likeness (QED) is 0.512. The van der Waals surface area contributed by atoms with Crippen LogP contribution in [-0.2, 0) is 16.1 Å². The fraction of sp³-hybridized carbons (Fsp3) is 0.160. The van der Waals surface area contributed by atoms with Gasteiger partial charge in [-0.25, -0.2) is 4.98 Å². The Kier molecular flexibility index (Phi) is 6.52. The molecule has 0 bridgehead atoms. The van der Waals surface area contributed by atoms with E-state index in [1.807, 2.05) is 41.1 Å². The number of aliphatic hydroxyl groups excluding tert-OH is 1. The first kappa shape index (κ1) is 21.6. The van der Waals surface area contributed by atoms with E-state index in [9.17, 15) is 14.7 Å². The number of rotatable bonds is 8. The summed E-state index contributed by atoms with van der Waals surface area (Å²) >= 11 is 6.04. The molecule has 4 rings (SSSR count). The van der Waals surface area contributed by atoms with Crippen molar-refractivity contribution in [3.63, 3.8) is 0 Å². The van der Waals surface area contributed by atoms with Crippen molar-refractivity contribution in [1.29, 1.82) is 0 Å². The Bertz CT molecular complexity index is 1150. The number of hydrogen-bond donors (Lipinski definition) is 1. The fourth-order valence-electron chi connectivity index (χ4n) is 3.80. The SMILES string of the molecule is O=C(/C=C/c1ccccc1)C1=C(O)C(=O)N(CCCn2ccnc2)C1c1ccc(Cl)cc1. The number of ketones is 1. The van der Waals surface area contributed by atoms with Crippen LogP contribution in [0.1, 0.15) is 23.6 Å². The molecule has 1 aromatic heterocycles. The van der Waals surface area contributed by atoms with Crippen molar-refractivity contribution in [2.24, 2.45) is 0 Å². The minimum Gasteiger partial charge on any atom is -0.503 e. The molecule has 1 aliphatic heterocycles. The maximum Gasteiger partial charge on any atom is 0.290 e. The summed E-state index contributed by atoms with van der Waals surface area (Å²) in [7, 11) is 0. The van der Waals surface area contributed by atoms with E-state index in [1.54, 1.807) is 47.8 Å². The maximum atomic E-state index is 13.1. The average Bonchev–Trinajstić information content (AvgIpc) is 3.41. The van der Waals surface area contributed by atoms with Gasteiger partial charge in [0, 0.05) is 30.5 Å². The highest BCUT2D eigenvalue weighted by Crippen LogP contribution is 2.38.